The lowest BCUT2D eigenvalue weighted by atomic mass is 10.3. The number of hydrogen-bond donors (Lipinski definition) is 2. The number of amides is 2. The molecule has 1 heterocycles. The topological polar surface area (TPSA) is 140 Å². The van der Waals surface area contributed by atoms with Crippen molar-refractivity contribution < 1.29 is 27.3 Å². The van der Waals surface area contributed by atoms with Crippen LogP contribution in [0.15, 0.2) is 57.9 Å². The van der Waals surface area contributed by atoms with Gasteiger partial charge >= 0.3 is 11.8 Å². The molecule has 0 saturated heterocycles. The van der Waals surface area contributed by atoms with E-state index in [4.69, 9.17) is 32.5 Å². The van der Waals surface area contributed by atoms with Crippen LogP contribution in [-0.2, 0) is 20.4 Å². The first-order valence-electron chi connectivity index (χ1n) is 9.48. The molecule has 33 heavy (non-hydrogen) atoms. The number of carbonyl (C=O) groups is 2. The minimum Gasteiger partial charge on any atom is -0.482 e. The number of halogens is 2. The van der Waals surface area contributed by atoms with Gasteiger partial charge in [-0.2, -0.15) is 4.98 Å². The van der Waals surface area contributed by atoms with Gasteiger partial charge in [-0.1, -0.05) is 46.6 Å². The first-order chi connectivity index (χ1) is 15.7. The Morgan fingerprint density at radius 1 is 1.03 bits per heavy atom. The Bertz CT molecular complexity index is 1230. The van der Waals surface area contributed by atoms with Crippen LogP contribution in [0, 0.1) is 0 Å². The summed E-state index contributed by atoms with van der Waals surface area (Å²) < 4.78 is 34.8. The minimum absolute atomic E-state index is 0.0618. The smallest absolute Gasteiger partial charge is 0.315 e. The van der Waals surface area contributed by atoms with Gasteiger partial charge in [0.15, 0.2) is 22.3 Å². The summed E-state index contributed by atoms with van der Waals surface area (Å²) in [6.07, 6.45) is 0. The molecule has 0 bridgehead atoms. The number of rotatable bonds is 10. The lowest BCUT2D eigenvalue weighted by molar-refractivity contribution is -0.123. The highest BCUT2D eigenvalue weighted by molar-refractivity contribution is 7.90. The summed E-state index contributed by atoms with van der Waals surface area (Å²) >= 11 is 11.8. The SMILES string of the molecule is O=C(COc1ccc(Cl)cc1Cl)NCCNC(=O)c1nc(CS(=O)(=O)c2ccccc2)no1. The summed E-state index contributed by atoms with van der Waals surface area (Å²) in [5.41, 5.74) is 0. The van der Waals surface area contributed by atoms with Gasteiger partial charge in [0.05, 0.1) is 9.92 Å². The Balaban J connectivity index is 1.40. The average molecular weight is 513 g/mol. The van der Waals surface area contributed by atoms with Gasteiger partial charge in [0, 0.05) is 18.1 Å². The van der Waals surface area contributed by atoms with E-state index in [-0.39, 0.29) is 41.3 Å². The fraction of sp³-hybridized carbons (Fsp3) is 0.200. The largest absolute Gasteiger partial charge is 0.482 e. The molecule has 2 aromatic carbocycles. The highest BCUT2D eigenvalue weighted by Gasteiger charge is 2.21. The van der Waals surface area contributed by atoms with Crippen LogP contribution in [0.3, 0.4) is 0 Å². The molecule has 13 heteroatoms. The van der Waals surface area contributed by atoms with Crippen LogP contribution >= 0.6 is 23.2 Å². The van der Waals surface area contributed by atoms with E-state index in [1.54, 1.807) is 30.3 Å². The van der Waals surface area contributed by atoms with Crippen LogP contribution in [0.5, 0.6) is 5.75 Å². The van der Waals surface area contributed by atoms with E-state index in [1.165, 1.54) is 18.2 Å². The van der Waals surface area contributed by atoms with Crippen LogP contribution in [0.25, 0.3) is 0 Å². The Hall–Kier alpha value is -3.15. The van der Waals surface area contributed by atoms with Gasteiger partial charge in [-0.05, 0) is 30.3 Å². The van der Waals surface area contributed by atoms with Crippen LogP contribution in [0.4, 0.5) is 0 Å². The first-order valence-corrected chi connectivity index (χ1v) is 11.9. The number of sulfone groups is 1. The molecule has 0 saturated carbocycles. The molecule has 3 aromatic rings. The van der Waals surface area contributed by atoms with Crippen LogP contribution in [0.1, 0.15) is 16.5 Å². The van der Waals surface area contributed by atoms with Crippen molar-refractivity contribution in [3.8, 4) is 5.75 Å². The van der Waals surface area contributed by atoms with Crippen molar-refractivity contribution in [2.45, 2.75) is 10.6 Å². The van der Waals surface area contributed by atoms with E-state index in [2.05, 4.69) is 20.8 Å². The van der Waals surface area contributed by atoms with E-state index >= 15 is 0 Å². The maximum absolute atomic E-state index is 12.3. The second-order valence-electron chi connectivity index (χ2n) is 6.56. The van der Waals surface area contributed by atoms with Crippen molar-refractivity contribution in [3.63, 3.8) is 0 Å². The molecule has 0 fully saturated rings. The standard InChI is InChI=1S/C20H18Cl2N4O6S/c21-13-6-7-16(15(22)10-13)31-11-18(27)23-8-9-24-19(28)20-25-17(26-32-20)12-33(29,30)14-4-2-1-3-5-14/h1-7,10H,8-9,11-12H2,(H,23,27)(H,24,28). The summed E-state index contributed by atoms with van der Waals surface area (Å²) in [6.45, 7) is -0.115. The second kappa shape index (κ2) is 11.1. The molecule has 0 radical (unpaired) electrons. The highest BCUT2D eigenvalue weighted by Crippen LogP contribution is 2.27. The van der Waals surface area contributed by atoms with Gasteiger partial charge in [-0.15, -0.1) is 0 Å². The first kappa shape index (κ1) is 24.5. The highest BCUT2D eigenvalue weighted by atomic mass is 35.5. The molecule has 0 aliphatic rings. The van der Waals surface area contributed by atoms with Crippen LogP contribution in [0.2, 0.25) is 10.0 Å². The molecule has 0 aliphatic carbocycles. The third kappa shape index (κ3) is 7.17. The number of carbonyl (C=O) groups excluding carboxylic acids is 2. The predicted octanol–water partition coefficient (Wildman–Crippen LogP) is 2.28. The summed E-state index contributed by atoms with van der Waals surface area (Å²) in [5.74, 6) is -1.87. The molecule has 0 unspecified atom stereocenters. The third-order valence-corrected chi connectivity index (χ3v) is 6.23. The number of ether oxygens (including phenoxy) is 1. The second-order valence-corrected chi connectivity index (χ2v) is 9.39. The van der Waals surface area contributed by atoms with Gasteiger partial charge in [0.2, 0.25) is 0 Å². The molecule has 2 amide bonds. The lowest BCUT2D eigenvalue weighted by Crippen LogP contribution is -2.36. The van der Waals surface area contributed by atoms with Crippen molar-refractivity contribution in [2.24, 2.45) is 0 Å². The molecule has 10 nitrogen and oxygen atoms in total. The Kier molecular flexibility index (Phi) is 8.26. The molecule has 2 N–H and O–H groups in total. The third-order valence-electron chi connectivity index (χ3n) is 4.07. The molecular formula is C20H18Cl2N4O6S. The van der Waals surface area contributed by atoms with Crippen molar-refractivity contribution in [2.75, 3.05) is 19.7 Å². The maximum Gasteiger partial charge on any atom is 0.315 e. The fourth-order valence-corrected chi connectivity index (χ4v) is 4.18. The van der Waals surface area contributed by atoms with Crippen molar-refractivity contribution in [3.05, 3.63) is 70.3 Å². The zero-order valence-electron chi connectivity index (χ0n) is 17.0. The van der Waals surface area contributed by atoms with Crippen LogP contribution < -0.4 is 15.4 Å². The Morgan fingerprint density at radius 3 is 2.48 bits per heavy atom. The fourth-order valence-electron chi connectivity index (χ4n) is 2.53. The molecule has 174 valence electrons. The number of hydrogen-bond acceptors (Lipinski definition) is 8. The van der Waals surface area contributed by atoms with E-state index < -0.39 is 27.4 Å². The van der Waals surface area contributed by atoms with Gasteiger partial charge in [0.1, 0.15) is 11.5 Å². The van der Waals surface area contributed by atoms with E-state index in [9.17, 15) is 18.0 Å². The average Bonchev–Trinajstić information content (AvgIpc) is 3.24. The Morgan fingerprint density at radius 2 is 1.76 bits per heavy atom. The number of benzene rings is 2. The summed E-state index contributed by atoms with van der Waals surface area (Å²) in [7, 11) is -3.68. The molecule has 3 rings (SSSR count). The molecule has 0 spiro atoms. The van der Waals surface area contributed by atoms with Gasteiger partial charge < -0.3 is 19.9 Å². The van der Waals surface area contributed by atoms with Gasteiger partial charge in [-0.3, -0.25) is 9.59 Å². The monoisotopic (exact) mass is 512 g/mol. The van der Waals surface area contributed by atoms with Crippen molar-refractivity contribution in [1.82, 2.24) is 20.8 Å². The molecule has 1 aromatic heterocycles. The summed E-state index contributed by atoms with van der Waals surface area (Å²) in [5, 5.41) is 9.28. The quantitative estimate of drug-likeness (QED) is 0.394. The maximum atomic E-state index is 12.3. The van der Waals surface area contributed by atoms with Crippen molar-refractivity contribution >= 4 is 44.9 Å². The number of aromatic nitrogens is 2. The predicted molar refractivity (Wildman–Crippen MR) is 119 cm³/mol. The molecule has 0 aliphatic heterocycles. The lowest BCUT2D eigenvalue weighted by Gasteiger charge is -2.09. The molecular weight excluding hydrogens is 495 g/mol. The van der Waals surface area contributed by atoms with E-state index in [0.717, 1.165) is 0 Å². The zero-order chi connectivity index (χ0) is 23.8. The minimum atomic E-state index is -3.68. The van der Waals surface area contributed by atoms with Crippen molar-refractivity contribution in [1.29, 1.82) is 0 Å². The van der Waals surface area contributed by atoms with E-state index in [1.807, 2.05) is 0 Å². The van der Waals surface area contributed by atoms with Crippen LogP contribution in [-0.4, -0.2) is 50.1 Å². The summed E-state index contributed by atoms with van der Waals surface area (Å²) in [6, 6.07) is 12.4. The van der Waals surface area contributed by atoms with Gasteiger partial charge in [0.25, 0.3) is 5.91 Å². The Labute approximate surface area is 199 Å². The molecule has 0 atom stereocenters. The zero-order valence-corrected chi connectivity index (χ0v) is 19.3. The number of nitrogens with one attached hydrogen (secondary N) is 2. The number of nitrogens with zero attached hydrogens (tertiary/aromatic N) is 2. The summed E-state index contributed by atoms with van der Waals surface area (Å²) in [4.78, 5) is 27.9. The normalized spacial score (nSPS) is 11.1. The van der Waals surface area contributed by atoms with E-state index in [0.29, 0.717) is 10.8 Å². The van der Waals surface area contributed by atoms with Gasteiger partial charge in [-0.25, -0.2) is 8.42 Å².